The summed E-state index contributed by atoms with van der Waals surface area (Å²) in [6.07, 6.45) is 1.52. The molecule has 0 radical (unpaired) electrons. The van der Waals surface area contributed by atoms with Gasteiger partial charge in [0.05, 0.1) is 27.5 Å². The van der Waals surface area contributed by atoms with Crippen LogP contribution < -0.4 is 0 Å². The van der Waals surface area contributed by atoms with Gasteiger partial charge in [0.25, 0.3) is 0 Å². The Morgan fingerprint density at radius 2 is 2.17 bits per heavy atom. The number of hydrogen-bond donors (Lipinski definition) is 1. The van der Waals surface area contributed by atoms with E-state index in [1.807, 2.05) is 18.2 Å². The highest BCUT2D eigenvalue weighted by Crippen LogP contribution is 2.24. The number of carbonyl (C=O) groups excluding carboxylic acids is 1. The maximum Gasteiger partial charge on any atom is 0.394 e. The molecule has 0 bridgehead atoms. The molecule has 0 aliphatic heterocycles. The molecular weight excluding hydrogens is 328 g/mol. The first kappa shape index (κ1) is 16.0. The Morgan fingerprint density at radius 3 is 2.88 bits per heavy atom. The number of aromatic nitrogens is 3. The van der Waals surface area contributed by atoms with Crippen LogP contribution >= 0.6 is 11.3 Å². The molecule has 3 aromatic rings. The van der Waals surface area contributed by atoms with Gasteiger partial charge in [-0.3, -0.25) is 4.79 Å². The van der Waals surface area contributed by atoms with E-state index < -0.39 is 17.9 Å². The van der Waals surface area contributed by atoms with E-state index in [0.717, 1.165) is 15.8 Å². The second-order valence-electron chi connectivity index (χ2n) is 5.22. The fourth-order valence-electron chi connectivity index (χ4n) is 2.40. The number of fused-ring (bicyclic) bond motifs is 1. The SMILES string of the molecule is CC(c1cccnn1)N(Cc1ccc2scnc2c1)C(=O)C(=O)O. The number of benzene rings is 1. The highest BCUT2D eigenvalue weighted by Gasteiger charge is 2.27. The number of carbonyl (C=O) groups is 2. The highest BCUT2D eigenvalue weighted by atomic mass is 32.1. The van der Waals surface area contributed by atoms with Crippen LogP contribution in [0.2, 0.25) is 0 Å². The van der Waals surface area contributed by atoms with Crippen LogP contribution in [-0.4, -0.2) is 37.1 Å². The van der Waals surface area contributed by atoms with Crippen molar-refractivity contribution in [2.75, 3.05) is 0 Å². The van der Waals surface area contributed by atoms with Crippen molar-refractivity contribution in [2.24, 2.45) is 0 Å². The molecule has 0 aliphatic carbocycles. The normalized spacial score (nSPS) is 12.0. The van der Waals surface area contributed by atoms with E-state index in [1.165, 1.54) is 22.4 Å². The molecule has 0 saturated heterocycles. The fraction of sp³-hybridized carbons (Fsp3) is 0.188. The minimum atomic E-state index is -1.50. The molecule has 3 rings (SSSR count). The Bertz CT molecular complexity index is 881. The zero-order valence-corrected chi connectivity index (χ0v) is 13.6. The van der Waals surface area contributed by atoms with Gasteiger partial charge in [0.2, 0.25) is 0 Å². The number of hydrogen-bond acceptors (Lipinski definition) is 6. The predicted molar refractivity (Wildman–Crippen MR) is 88.3 cm³/mol. The molecule has 0 spiro atoms. The summed E-state index contributed by atoms with van der Waals surface area (Å²) in [5, 5.41) is 16.9. The molecule has 0 saturated carbocycles. The summed E-state index contributed by atoms with van der Waals surface area (Å²) < 4.78 is 1.04. The van der Waals surface area contributed by atoms with Crippen molar-refractivity contribution < 1.29 is 14.7 Å². The molecule has 1 amide bonds. The minimum Gasteiger partial charge on any atom is -0.474 e. The van der Waals surface area contributed by atoms with Gasteiger partial charge in [-0.2, -0.15) is 10.2 Å². The first-order valence-corrected chi connectivity index (χ1v) is 8.08. The van der Waals surface area contributed by atoms with E-state index in [0.29, 0.717) is 5.69 Å². The van der Waals surface area contributed by atoms with E-state index >= 15 is 0 Å². The molecule has 1 aromatic carbocycles. The number of aliphatic carboxylic acids is 1. The van der Waals surface area contributed by atoms with Crippen molar-refractivity contribution >= 4 is 33.4 Å². The number of rotatable bonds is 4. The van der Waals surface area contributed by atoms with Crippen LogP contribution in [-0.2, 0) is 16.1 Å². The molecule has 1 N–H and O–H groups in total. The molecule has 122 valence electrons. The quantitative estimate of drug-likeness (QED) is 0.731. The van der Waals surface area contributed by atoms with Crippen LogP contribution in [0.3, 0.4) is 0 Å². The smallest absolute Gasteiger partial charge is 0.394 e. The molecule has 8 heteroatoms. The first-order chi connectivity index (χ1) is 11.6. The number of nitrogens with zero attached hydrogens (tertiary/aromatic N) is 4. The molecule has 24 heavy (non-hydrogen) atoms. The van der Waals surface area contributed by atoms with Gasteiger partial charge in [0.15, 0.2) is 0 Å². The van der Waals surface area contributed by atoms with E-state index in [9.17, 15) is 9.59 Å². The molecule has 1 atom stereocenters. The lowest BCUT2D eigenvalue weighted by Gasteiger charge is -2.27. The predicted octanol–water partition coefficient (Wildman–Crippen LogP) is 2.26. The second-order valence-corrected chi connectivity index (χ2v) is 6.10. The van der Waals surface area contributed by atoms with Gasteiger partial charge < -0.3 is 10.0 Å². The number of carboxylic acid groups (broad SMARTS) is 1. The Kier molecular flexibility index (Phi) is 4.48. The van der Waals surface area contributed by atoms with Crippen molar-refractivity contribution in [3.63, 3.8) is 0 Å². The lowest BCUT2D eigenvalue weighted by atomic mass is 10.1. The summed E-state index contributed by atoms with van der Waals surface area (Å²) in [5.41, 5.74) is 3.91. The van der Waals surface area contributed by atoms with Gasteiger partial charge in [-0.1, -0.05) is 6.07 Å². The molecular formula is C16H14N4O3S. The third-order valence-corrected chi connectivity index (χ3v) is 4.49. The van der Waals surface area contributed by atoms with E-state index in [-0.39, 0.29) is 6.54 Å². The van der Waals surface area contributed by atoms with Crippen LogP contribution in [0.1, 0.15) is 24.2 Å². The summed E-state index contributed by atoms with van der Waals surface area (Å²) in [6.45, 7) is 1.88. The number of amides is 1. The summed E-state index contributed by atoms with van der Waals surface area (Å²) in [6, 6.07) is 8.53. The van der Waals surface area contributed by atoms with Gasteiger partial charge in [-0.05, 0) is 36.8 Å². The Morgan fingerprint density at radius 1 is 1.33 bits per heavy atom. The molecule has 7 nitrogen and oxygen atoms in total. The average Bonchev–Trinajstić information content (AvgIpc) is 3.07. The lowest BCUT2D eigenvalue weighted by Crippen LogP contribution is -2.38. The zero-order chi connectivity index (χ0) is 17.1. The van der Waals surface area contributed by atoms with E-state index in [1.54, 1.807) is 24.6 Å². The summed E-state index contributed by atoms with van der Waals surface area (Å²) in [4.78, 5) is 28.9. The van der Waals surface area contributed by atoms with Crippen molar-refractivity contribution in [3.8, 4) is 0 Å². The molecule has 2 heterocycles. The van der Waals surface area contributed by atoms with Crippen LogP contribution in [0, 0.1) is 0 Å². The minimum absolute atomic E-state index is 0.149. The van der Waals surface area contributed by atoms with Crippen LogP contribution in [0.4, 0.5) is 0 Å². The molecule has 0 fully saturated rings. The largest absolute Gasteiger partial charge is 0.474 e. The lowest BCUT2D eigenvalue weighted by molar-refractivity contribution is -0.157. The van der Waals surface area contributed by atoms with Gasteiger partial charge >= 0.3 is 11.9 Å². The van der Waals surface area contributed by atoms with Crippen LogP contribution in [0.25, 0.3) is 10.2 Å². The standard InChI is InChI=1S/C16H14N4O3S/c1-10(12-3-2-6-18-19-12)20(15(21)16(22)23)8-11-4-5-14-13(7-11)17-9-24-14/h2-7,9-10H,8H2,1H3,(H,22,23). The van der Waals surface area contributed by atoms with E-state index in [2.05, 4.69) is 15.2 Å². The van der Waals surface area contributed by atoms with Crippen molar-refractivity contribution in [2.45, 2.75) is 19.5 Å². The van der Waals surface area contributed by atoms with Gasteiger partial charge in [-0.15, -0.1) is 11.3 Å². The van der Waals surface area contributed by atoms with Gasteiger partial charge in [-0.25, -0.2) is 9.78 Å². The second kappa shape index (κ2) is 6.71. The highest BCUT2D eigenvalue weighted by molar-refractivity contribution is 7.16. The summed E-state index contributed by atoms with van der Waals surface area (Å²) in [5.74, 6) is -2.48. The molecule has 1 unspecified atom stereocenters. The van der Waals surface area contributed by atoms with Crippen molar-refractivity contribution in [1.82, 2.24) is 20.1 Å². The van der Waals surface area contributed by atoms with Gasteiger partial charge in [0.1, 0.15) is 0 Å². The first-order valence-electron chi connectivity index (χ1n) is 7.20. The van der Waals surface area contributed by atoms with Crippen molar-refractivity contribution in [1.29, 1.82) is 0 Å². The fourth-order valence-corrected chi connectivity index (χ4v) is 3.06. The summed E-state index contributed by atoms with van der Waals surface area (Å²) >= 11 is 1.53. The zero-order valence-electron chi connectivity index (χ0n) is 12.8. The molecule has 2 aromatic heterocycles. The molecule has 0 aliphatic rings. The maximum atomic E-state index is 12.1. The van der Waals surface area contributed by atoms with E-state index in [4.69, 9.17) is 5.11 Å². The Hall–Kier alpha value is -2.87. The number of carboxylic acids is 1. The monoisotopic (exact) mass is 342 g/mol. The van der Waals surface area contributed by atoms with Crippen molar-refractivity contribution in [3.05, 3.63) is 53.3 Å². The third kappa shape index (κ3) is 3.23. The summed E-state index contributed by atoms with van der Waals surface area (Å²) in [7, 11) is 0. The Balaban J connectivity index is 1.92. The Labute approximate surface area is 141 Å². The average molecular weight is 342 g/mol. The van der Waals surface area contributed by atoms with Crippen LogP contribution in [0.5, 0.6) is 0 Å². The topological polar surface area (TPSA) is 96.3 Å². The van der Waals surface area contributed by atoms with Crippen LogP contribution in [0.15, 0.2) is 42.0 Å². The number of thiazole rings is 1. The third-order valence-electron chi connectivity index (χ3n) is 3.68. The van der Waals surface area contributed by atoms with Gasteiger partial charge in [0, 0.05) is 12.7 Å². The maximum absolute atomic E-state index is 12.1.